The second-order valence-electron chi connectivity index (χ2n) is 5.99. The highest BCUT2D eigenvalue weighted by Crippen LogP contribution is 2.30. The maximum Gasteiger partial charge on any atom is 0.342 e. The lowest BCUT2D eigenvalue weighted by Gasteiger charge is -2.16. The van der Waals surface area contributed by atoms with Crippen molar-refractivity contribution < 1.29 is 29.3 Å². The molecular weight excluding hydrogens is 338 g/mol. The van der Waals surface area contributed by atoms with Crippen LogP contribution in [-0.4, -0.2) is 48.0 Å². The molecule has 1 unspecified atom stereocenters. The van der Waals surface area contributed by atoms with Crippen molar-refractivity contribution in [3.05, 3.63) is 41.5 Å². The van der Waals surface area contributed by atoms with E-state index in [1.807, 2.05) is 0 Å². The van der Waals surface area contributed by atoms with Crippen molar-refractivity contribution in [1.29, 1.82) is 0 Å². The van der Waals surface area contributed by atoms with Crippen LogP contribution in [0.3, 0.4) is 0 Å². The van der Waals surface area contributed by atoms with Gasteiger partial charge in [0.15, 0.2) is 0 Å². The van der Waals surface area contributed by atoms with Crippen LogP contribution in [0.2, 0.25) is 0 Å². The Kier molecular flexibility index (Phi) is 6.80. The maximum atomic E-state index is 12.5. The van der Waals surface area contributed by atoms with E-state index in [4.69, 9.17) is 9.47 Å². The summed E-state index contributed by atoms with van der Waals surface area (Å²) in [6, 6.07) is 2.49. The summed E-state index contributed by atoms with van der Waals surface area (Å²) in [5.74, 6) is -0.836. The smallest absolute Gasteiger partial charge is 0.342 e. The summed E-state index contributed by atoms with van der Waals surface area (Å²) in [7, 11) is 1.46. The standard InChI is InChI=1S/C19H23NO6/c1-12-5-3-8-17(23)20-14(11-21)7-4-6-13-9-15(25-2)10-16(22)18(13)19(24)26-12/h3-4,6,8-10,12,14,21-22H,5,7,11H2,1-2H3,(H,20,23)/b6-4+,8-3-/t12-,14?/m0/s1. The van der Waals surface area contributed by atoms with Gasteiger partial charge in [-0.25, -0.2) is 4.79 Å². The number of amides is 1. The fourth-order valence-electron chi connectivity index (χ4n) is 2.54. The fourth-order valence-corrected chi connectivity index (χ4v) is 2.54. The summed E-state index contributed by atoms with van der Waals surface area (Å²) in [6.45, 7) is 1.47. The molecule has 3 N–H and O–H groups in total. The Bertz CT molecular complexity index is 725. The first kappa shape index (κ1) is 19.5. The van der Waals surface area contributed by atoms with Gasteiger partial charge in [-0.3, -0.25) is 4.79 Å². The van der Waals surface area contributed by atoms with Crippen molar-refractivity contribution in [3.8, 4) is 11.5 Å². The van der Waals surface area contributed by atoms with Crippen LogP contribution < -0.4 is 10.1 Å². The molecule has 1 heterocycles. The normalized spacial score (nSPS) is 23.8. The Morgan fingerprint density at radius 2 is 1.96 bits per heavy atom. The number of esters is 1. The molecule has 0 radical (unpaired) electrons. The fraction of sp³-hybridized carbons (Fsp3) is 0.368. The number of carbonyl (C=O) groups excluding carboxylic acids is 2. The van der Waals surface area contributed by atoms with Crippen molar-refractivity contribution >= 4 is 18.0 Å². The number of phenols is 1. The molecule has 0 fully saturated rings. The lowest BCUT2D eigenvalue weighted by molar-refractivity contribution is -0.117. The van der Waals surface area contributed by atoms with Gasteiger partial charge in [0.25, 0.3) is 0 Å². The number of carbonyl (C=O) groups is 2. The summed E-state index contributed by atoms with van der Waals surface area (Å²) >= 11 is 0. The molecular formula is C19H23NO6. The topological polar surface area (TPSA) is 105 Å². The third-order valence-corrected chi connectivity index (χ3v) is 3.89. The van der Waals surface area contributed by atoms with Gasteiger partial charge in [0.2, 0.25) is 5.91 Å². The number of benzene rings is 1. The molecule has 0 aromatic heterocycles. The van der Waals surface area contributed by atoms with E-state index >= 15 is 0 Å². The zero-order valence-corrected chi connectivity index (χ0v) is 14.8. The van der Waals surface area contributed by atoms with Crippen LogP contribution in [-0.2, 0) is 9.53 Å². The maximum absolute atomic E-state index is 12.5. The van der Waals surface area contributed by atoms with Crippen molar-refractivity contribution in [2.75, 3.05) is 13.7 Å². The Balaban J connectivity index is 2.43. The molecule has 1 amide bonds. The average molecular weight is 361 g/mol. The number of phenolic OH excluding ortho intramolecular Hbond substituents is 1. The quantitative estimate of drug-likeness (QED) is 0.694. The Morgan fingerprint density at radius 1 is 1.23 bits per heavy atom. The number of ether oxygens (including phenoxy) is 2. The third kappa shape index (κ3) is 5.10. The number of methoxy groups -OCH3 is 1. The number of nitrogens with one attached hydrogen (secondary N) is 1. The average Bonchev–Trinajstić information content (AvgIpc) is 2.59. The number of fused-ring (bicyclic) bond motifs is 1. The van der Waals surface area contributed by atoms with Crippen LogP contribution in [0.15, 0.2) is 30.4 Å². The van der Waals surface area contributed by atoms with E-state index in [1.165, 1.54) is 19.3 Å². The molecule has 2 atom stereocenters. The molecule has 7 heteroatoms. The largest absolute Gasteiger partial charge is 0.507 e. The van der Waals surface area contributed by atoms with E-state index in [0.29, 0.717) is 24.2 Å². The lowest BCUT2D eigenvalue weighted by Crippen LogP contribution is -2.36. The van der Waals surface area contributed by atoms with Gasteiger partial charge in [0, 0.05) is 12.5 Å². The first-order valence-electron chi connectivity index (χ1n) is 8.31. The van der Waals surface area contributed by atoms with Crippen LogP contribution in [0.4, 0.5) is 0 Å². The molecule has 0 saturated carbocycles. The zero-order valence-electron chi connectivity index (χ0n) is 14.8. The number of rotatable bonds is 2. The van der Waals surface area contributed by atoms with Gasteiger partial charge in [-0.15, -0.1) is 0 Å². The summed E-state index contributed by atoms with van der Waals surface area (Å²) in [4.78, 5) is 24.3. The van der Waals surface area contributed by atoms with Gasteiger partial charge >= 0.3 is 5.97 Å². The van der Waals surface area contributed by atoms with Gasteiger partial charge in [0.05, 0.1) is 19.8 Å². The first-order valence-corrected chi connectivity index (χ1v) is 8.31. The number of aliphatic hydroxyl groups is 1. The first-order chi connectivity index (χ1) is 12.4. The number of aromatic hydroxyl groups is 1. The highest BCUT2D eigenvalue weighted by Gasteiger charge is 2.21. The monoisotopic (exact) mass is 361 g/mol. The highest BCUT2D eigenvalue weighted by molar-refractivity contribution is 5.97. The summed E-state index contributed by atoms with van der Waals surface area (Å²) in [5.41, 5.74) is 0.467. The SMILES string of the molecule is COc1cc(O)c2c(c1)/C=C/CC(CO)NC(=O)/C=C\C[C@H](C)OC2=O. The highest BCUT2D eigenvalue weighted by atomic mass is 16.5. The Morgan fingerprint density at radius 3 is 2.65 bits per heavy atom. The van der Waals surface area contributed by atoms with E-state index < -0.39 is 18.1 Å². The van der Waals surface area contributed by atoms with E-state index in [0.717, 1.165) is 0 Å². The van der Waals surface area contributed by atoms with E-state index in [1.54, 1.807) is 31.2 Å². The van der Waals surface area contributed by atoms with E-state index in [-0.39, 0.29) is 23.8 Å². The van der Waals surface area contributed by atoms with Gasteiger partial charge in [-0.2, -0.15) is 0 Å². The molecule has 1 aliphatic heterocycles. The molecule has 0 saturated heterocycles. The summed E-state index contributed by atoms with van der Waals surface area (Å²) in [5, 5.41) is 22.3. The van der Waals surface area contributed by atoms with E-state index in [2.05, 4.69) is 5.32 Å². The van der Waals surface area contributed by atoms with Gasteiger partial charge in [-0.1, -0.05) is 18.2 Å². The van der Waals surface area contributed by atoms with Gasteiger partial charge in [-0.05, 0) is 31.1 Å². The van der Waals surface area contributed by atoms with Crippen LogP contribution in [0.5, 0.6) is 11.5 Å². The zero-order chi connectivity index (χ0) is 19.1. The molecule has 7 nitrogen and oxygen atoms in total. The lowest BCUT2D eigenvalue weighted by atomic mass is 10.0. The number of hydrogen-bond donors (Lipinski definition) is 3. The minimum Gasteiger partial charge on any atom is -0.507 e. The third-order valence-electron chi connectivity index (χ3n) is 3.89. The van der Waals surface area contributed by atoms with Crippen molar-refractivity contribution in [2.45, 2.75) is 31.9 Å². The van der Waals surface area contributed by atoms with Crippen LogP contribution in [0, 0.1) is 0 Å². The summed E-state index contributed by atoms with van der Waals surface area (Å²) in [6.07, 6.45) is 6.47. The Hall–Kier alpha value is -2.80. The number of aliphatic hydroxyl groups excluding tert-OH is 1. The second-order valence-corrected chi connectivity index (χ2v) is 5.99. The van der Waals surface area contributed by atoms with Crippen molar-refractivity contribution in [2.24, 2.45) is 0 Å². The Labute approximate surface area is 151 Å². The molecule has 140 valence electrons. The van der Waals surface area contributed by atoms with Gasteiger partial charge in [0.1, 0.15) is 23.2 Å². The van der Waals surface area contributed by atoms with Crippen LogP contribution >= 0.6 is 0 Å². The summed E-state index contributed by atoms with van der Waals surface area (Å²) < 4.78 is 10.5. The van der Waals surface area contributed by atoms with E-state index in [9.17, 15) is 19.8 Å². The second kappa shape index (κ2) is 9.05. The molecule has 0 spiro atoms. The minimum atomic E-state index is -0.661. The molecule has 26 heavy (non-hydrogen) atoms. The predicted octanol–water partition coefficient (Wildman–Crippen LogP) is 1.79. The molecule has 0 aliphatic carbocycles. The van der Waals surface area contributed by atoms with Crippen LogP contribution in [0.1, 0.15) is 35.7 Å². The molecule has 1 aliphatic rings. The number of cyclic esters (lactones) is 1. The number of hydrogen-bond acceptors (Lipinski definition) is 6. The van der Waals surface area contributed by atoms with Crippen molar-refractivity contribution in [1.82, 2.24) is 5.32 Å². The van der Waals surface area contributed by atoms with Crippen LogP contribution in [0.25, 0.3) is 6.08 Å². The molecule has 1 aromatic rings. The van der Waals surface area contributed by atoms with Crippen molar-refractivity contribution in [3.63, 3.8) is 0 Å². The molecule has 1 aromatic carbocycles. The molecule has 2 rings (SSSR count). The minimum absolute atomic E-state index is 0.0412. The molecule has 0 bridgehead atoms. The van der Waals surface area contributed by atoms with Gasteiger partial charge < -0.3 is 25.0 Å². The predicted molar refractivity (Wildman–Crippen MR) is 96.0 cm³/mol.